The van der Waals surface area contributed by atoms with Crippen LogP contribution in [0.25, 0.3) is 0 Å². The van der Waals surface area contributed by atoms with Gasteiger partial charge in [0.1, 0.15) is 0 Å². The van der Waals surface area contributed by atoms with Crippen molar-refractivity contribution in [2.24, 2.45) is 5.92 Å². The van der Waals surface area contributed by atoms with Gasteiger partial charge >= 0.3 is 0 Å². The maximum atomic E-state index is 12.6. The third-order valence-electron chi connectivity index (χ3n) is 5.47. The summed E-state index contributed by atoms with van der Waals surface area (Å²) >= 11 is 0. The molecule has 2 aliphatic heterocycles. The molecular weight excluding hydrogens is 362 g/mol. The molecule has 1 atom stereocenters. The number of hydrogen-bond donors (Lipinski definition) is 1. The molecule has 0 aromatic heterocycles. The van der Waals surface area contributed by atoms with E-state index < -0.39 is 10.0 Å². The Balaban J connectivity index is 1.58. The van der Waals surface area contributed by atoms with Crippen molar-refractivity contribution in [3.63, 3.8) is 0 Å². The van der Waals surface area contributed by atoms with Crippen LogP contribution >= 0.6 is 0 Å². The van der Waals surface area contributed by atoms with Gasteiger partial charge in [-0.1, -0.05) is 6.92 Å². The molecule has 0 saturated carbocycles. The Morgan fingerprint density at radius 2 is 1.78 bits per heavy atom. The van der Waals surface area contributed by atoms with Crippen LogP contribution in [0.2, 0.25) is 0 Å². The molecule has 1 N–H and O–H groups in total. The minimum Gasteiger partial charge on any atom is -0.372 e. The van der Waals surface area contributed by atoms with Gasteiger partial charge in [-0.25, -0.2) is 12.7 Å². The molecule has 27 heavy (non-hydrogen) atoms. The predicted octanol–water partition coefficient (Wildman–Crippen LogP) is 3.07. The van der Waals surface area contributed by atoms with E-state index in [9.17, 15) is 13.2 Å². The standard InChI is InChI=1S/C20H31N3O3S/c1-2-15-27(25,26)23-14-6-7-17(16-23)20(24)21-18-8-10-19(11-9-18)22-12-4-3-5-13-22/h8-11,17H,2-7,12-16H2,1H3,(H,21,24)/t17-/m1/s1. The second-order valence-electron chi connectivity index (χ2n) is 7.60. The third-order valence-corrected chi connectivity index (χ3v) is 7.51. The number of rotatable bonds is 6. The number of benzene rings is 1. The van der Waals surface area contributed by atoms with Crippen LogP contribution in [0.3, 0.4) is 0 Å². The van der Waals surface area contributed by atoms with Crippen molar-refractivity contribution in [1.29, 1.82) is 0 Å². The summed E-state index contributed by atoms with van der Waals surface area (Å²) in [4.78, 5) is 15.0. The monoisotopic (exact) mass is 393 g/mol. The van der Waals surface area contributed by atoms with E-state index >= 15 is 0 Å². The zero-order chi connectivity index (χ0) is 19.3. The first-order chi connectivity index (χ1) is 13.0. The van der Waals surface area contributed by atoms with Crippen molar-refractivity contribution < 1.29 is 13.2 Å². The van der Waals surface area contributed by atoms with Gasteiger partial charge in [0.25, 0.3) is 0 Å². The molecule has 0 spiro atoms. The Morgan fingerprint density at radius 1 is 1.07 bits per heavy atom. The van der Waals surface area contributed by atoms with Gasteiger partial charge in [0, 0.05) is 37.6 Å². The first-order valence-electron chi connectivity index (χ1n) is 10.1. The summed E-state index contributed by atoms with van der Waals surface area (Å²) in [5.41, 5.74) is 1.97. The molecule has 7 heteroatoms. The highest BCUT2D eigenvalue weighted by molar-refractivity contribution is 7.89. The highest BCUT2D eigenvalue weighted by Gasteiger charge is 2.31. The van der Waals surface area contributed by atoms with Gasteiger partial charge in [0.05, 0.1) is 11.7 Å². The normalized spacial score (nSPS) is 21.8. The Hall–Kier alpha value is -1.60. The van der Waals surface area contributed by atoms with Crippen molar-refractivity contribution >= 4 is 27.3 Å². The lowest BCUT2D eigenvalue weighted by Crippen LogP contribution is -2.44. The second kappa shape index (κ2) is 9.06. The quantitative estimate of drug-likeness (QED) is 0.806. The van der Waals surface area contributed by atoms with Crippen LogP contribution in [-0.2, 0) is 14.8 Å². The molecule has 1 aromatic carbocycles. The average molecular weight is 394 g/mol. The molecule has 1 aromatic rings. The van der Waals surface area contributed by atoms with Crippen molar-refractivity contribution in [1.82, 2.24) is 4.31 Å². The van der Waals surface area contributed by atoms with E-state index in [4.69, 9.17) is 0 Å². The number of nitrogens with zero attached hydrogens (tertiary/aromatic N) is 2. The van der Waals surface area contributed by atoms with Gasteiger partial charge in [-0.2, -0.15) is 0 Å². The summed E-state index contributed by atoms with van der Waals surface area (Å²) in [5, 5.41) is 2.97. The maximum Gasteiger partial charge on any atom is 0.228 e. The van der Waals surface area contributed by atoms with E-state index in [2.05, 4.69) is 22.3 Å². The van der Waals surface area contributed by atoms with Gasteiger partial charge in [0.15, 0.2) is 0 Å². The molecule has 3 rings (SSSR count). The van der Waals surface area contributed by atoms with E-state index in [0.717, 1.165) is 31.6 Å². The Labute approximate surface area is 163 Å². The minimum atomic E-state index is -3.24. The van der Waals surface area contributed by atoms with E-state index in [-0.39, 0.29) is 17.6 Å². The average Bonchev–Trinajstić information content (AvgIpc) is 2.69. The van der Waals surface area contributed by atoms with E-state index in [1.165, 1.54) is 29.3 Å². The fourth-order valence-corrected chi connectivity index (χ4v) is 5.54. The van der Waals surface area contributed by atoms with E-state index in [0.29, 0.717) is 19.5 Å². The lowest BCUT2D eigenvalue weighted by atomic mass is 9.98. The topological polar surface area (TPSA) is 69.7 Å². The van der Waals surface area contributed by atoms with Crippen LogP contribution in [0.15, 0.2) is 24.3 Å². The Bertz CT molecular complexity index is 727. The summed E-state index contributed by atoms with van der Waals surface area (Å²) in [7, 11) is -3.24. The van der Waals surface area contributed by atoms with Crippen molar-refractivity contribution in [2.75, 3.05) is 42.1 Å². The van der Waals surface area contributed by atoms with Crippen molar-refractivity contribution in [2.45, 2.75) is 45.4 Å². The largest absolute Gasteiger partial charge is 0.372 e. The maximum absolute atomic E-state index is 12.6. The van der Waals surface area contributed by atoms with E-state index in [1.807, 2.05) is 19.1 Å². The fraction of sp³-hybridized carbons (Fsp3) is 0.650. The van der Waals surface area contributed by atoms with E-state index in [1.54, 1.807) is 0 Å². The second-order valence-corrected chi connectivity index (χ2v) is 9.69. The number of carbonyl (C=O) groups excluding carboxylic acids is 1. The zero-order valence-electron chi connectivity index (χ0n) is 16.2. The highest BCUT2D eigenvalue weighted by Crippen LogP contribution is 2.24. The lowest BCUT2D eigenvalue weighted by Gasteiger charge is -2.31. The van der Waals surface area contributed by atoms with Gasteiger partial charge < -0.3 is 10.2 Å². The first-order valence-corrected chi connectivity index (χ1v) is 11.7. The summed E-state index contributed by atoms with van der Waals surface area (Å²) in [6, 6.07) is 7.99. The number of nitrogens with one attached hydrogen (secondary N) is 1. The highest BCUT2D eigenvalue weighted by atomic mass is 32.2. The molecule has 2 fully saturated rings. The summed E-state index contributed by atoms with van der Waals surface area (Å²) < 4.78 is 26.1. The number of piperidine rings is 2. The van der Waals surface area contributed by atoms with Crippen LogP contribution in [-0.4, -0.2) is 50.6 Å². The number of anilines is 2. The molecule has 0 unspecified atom stereocenters. The molecule has 1 amide bonds. The van der Waals surface area contributed by atoms with Crippen LogP contribution in [0, 0.1) is 5.92 Å². The smallest absolute Gasteiger partial charge is 0.228 e. The molecular formula is C20H31N3O3S. The number of hydrogen-bond acceptors (Lipinski definition) is 4. The summed E-state index contributed by atoms with van der Waals surface area (Å²) in [6.07, 6.45) is 5.83. The lowest BCUT2D eigenvalue weighted by molar-refractivity contribution is -0.120. The Kier molecular flexibility index (Phi) is 6.76. The molecule has 0 aliphatic carbocycles. The van der Waals surface area contributed by atoms with Gasteiger partial charge in [-0.3, -0.25) is 4.79 Å². The third kappa shape index (κ3) is 5.23. The van der Waals surface area contributed by atoms with Gasteiger partial charge in [-0.15, -0.1) is 0 Å². The number of sulfonamides is 1. The number of amides is 1. The van der Waals surface area contributed by atoms with Crippen LogP contribution in [0.4, 0.5) is 11.4 Å². The van der Waals surface area contributed by atoms with Crippen LogP contribution in [0.1, 0.15) is 45.4 Å². The molecule has 0 radical (unpaired) electrons. The Morgan fingerprint density at radius 3 is 2.44 bits per heavy atom. The van der Waals surface area contributed by atoms with Crippen molar-refractivity contribution in [3.05, 3.63) is 24.3 Å². The first kappa shape index (κ1) is 20.1. The molecule has 2 aliphatic rings. The van der Waals surface area contributed by atoms with Crippen LogP contribution < -0.4 is 10.2 Å². The summed E-state index contributed by atoms with van der Waals surface area (Å²) in [6.45, 7) is 4.86. The predicted molar refractivity (Wildman–Crippen MR) is 110 cm³/mol. The van der Waals surface area contributed by atoms with Gasteiger partial charge in [-0.05, 0) is 62.8 Å². The minimum absolute atomic E-state index is 0.0860. The molecule has 150 valence electrons. The fourth-order valence-electron chi connectivity index (χ4n) is 3.95. The molecule has 2 heterocycles. The molecule has 6 nitrogen and oxygen atoms in total. The van der Waals surface area contributed by atoms with Crippen LogP contribution in [0.5, 0.6) is 0 Å². The molecule has 0 bridgehead atoms. The number of carbonyl (C=O) groups is 1. The SMILES string of the molecule is CCCS(=O)(=O)N1CCC[C@@H](C(=O)Nc2ccc(N3CCCCC3)cc2)C1. The molecule has 2 saturated heterocycles. The summed E-state index contributed by atoms with van der Waals surface area (Å²) in [5.74, 6) is -0.219. The zero-order valence-corrected chi connectivity index (χ0v) is 17.0. The van der Waals surface area contributed by atoms with Gasteiger partial charge in [0.2, 0.25) is 15.9 Å². The van der Waals surface area contributed by atoms with Crippen molar-refractivity contribution in [3.8, 4) is 0 Å².